The number of nitrogens with one attached hydrogen (secondary N) is 1. The van der Waals surface area contributed by atoms with Crippen LogP contribution < -0.4 is 9.46 Å². The maximum absolute atomic E-state index is 12.6. The smallest absolute Gasteiger partial charge is 0.260 e. The van der Waals surface area contributed by atoms with E-state index in [-0.39, 0.29) is 5.57 Å². The van der Waals surface area contributed by atoms with Crippen molar-refractivity contribution in [3.8, 4) is 5.75 Å². The molecule has 7 nitrogen and oxygen atoms in total. The topological polar surface area (TPSA) is 90.3 Å². The minimum atomic E-state index is -3.96. The van der Waals surface area contributed by atoms with Gasteiger partial charge in [0.1, 0.15) is 11.6 Å². The molecule has 37 heavy (non-hydrogen) atoms. The first kappa shape index (κ1) is 28.2. The summed E-state index contributed by atoms with van der Waals surface area (Å²) < 4.78 is 34.5. The zero-order valence-corrected chi connectivity index (χ0v) is 22.8. The fraction of sp³-hybridized carbons (Fsp3) is 0.286. The molecule has 0 fully saturated rings. The number of hydrogen-bond donors (Lipinski definition) is 1. The molecule has 3 aromatic rings. The Kier molecular flexibility index (Phi) is 10.1. The van der Waals surface area contributed by atoms with Crippen molar-refractivity contribution in [3.63, 3.8) is 0 Å². The fourth-order valence-electron chi connectivity index (χ4n) is 3.53. The highest BCUT2D eigenvalue weighted by atomic mass is 35.5. The first-order chi connectivity index (χ1) is 17.7. The van der Waals surface area contributed by atoms with Gasteiger partial charge in [0.15, 0.2) is 0 Å². The van der Waals surface area contributed by atoms with Gasteiger partial charge in [-0.3, -0.25) is 4.79 Å². The quantitative estimate of drug-likeness (QED) is 0.225. The molecule has 0 aliphatic carbocycles. The van der Waals surface area contributed by atoms with Crippen molar-refractivity contribution in [2.24, 2.45) is 0 Å². The van der Waals surface area contributed by atoms with E-state index >= 15 is 0 Å². The number of carbonyl (C=O) groups is 1. The predicted molar refractivity (Wildman–Crippen MR) is 149 cm³/mol. The van der Waals surface area contributed by atoms with Crippen molar-refractivity contribution in [2.75, 3.05) is 6.61 Å². The van der Waals surface area contributed by atoms with Gasteiger partial charge < -0.3 is 9.30 Å². The number of halogens is 1. The number of benzene rings is 2. The number of unbranched alkanes of at least 4 members (excludes halogenated alkanes) is 2. The molecule has 1 N–H and O–H groups in total. The van der Waals surface area contributed by atoms with Gasteiger partial charge in [-0.05, 0) is 55.7 Å². The molecule has 0 aliphatic rings. The van der Waals surface area contributed by atoms with E-state index in [1.165, 1.54) is 6.08 Å². The molecule has 0 saturated heterocycles. The zero-order valence-electron chi connectivity index (χ0n) is 21.3. The Labute approximate surface area is 223 Å². The Morgan fingerprint density at radius 3 is 2.62 bits per heavy atom. The third-order valence-electron chi connectivity index (χ3n) is 5.65. The first-order valence-electron chi connectivity index (χ1n) is 12.1. The number of rotatable bonds is 12. The Morgan fingerprint density at radius 1 is 1.16 bits per heavy atom. The Morgan fingerprint density at radius 2 is 1.92 bits per heavy atom. The molecule has 0 bridgehead atoms. The van der Waals surface area contributed by atoms with E-state index in [1.807, 2.05) is 29.7 Å². The Balaban J connectivity index is 1.70. The lowest BCUT2D eigenvalue weighted by Gasteiger charge is -2.12. The highest BCUT2D eigenvalue weighted by molar-refractivity contribution is 7.93. The summed E-state index contributed by atoms with van der Waals surface area (Å²) in [4.78, 5) is 17.0. The minimum Gasteiger partial charge on any atom is -0.494 e. The minimum absolute atomic E-state index is 0.222. The number of carbonyl (C=O) groups excluding carboxylic acids is 1. The molecular formula is C28H32ClN3O4S. The van der Waals surface area contributed by atoms with Crippen molar-refractivity contribution in [1.82, 2.24) is 14.3 Å². The van der Waals surface area contributed by atoms with Crippen LogP contribution in [0.3, 0.4) is 0 Å². The lowest BCUT2D eigenvalue weighted by molar-refractivity contribution is -0.115. The van der Waals surface area contributed by atoms with Crippen molar-refractivity contribution in [2.45, 2.75) is 46.6 Å². The third-order valence-corrected chi connectivity index (χ3v) is 6.97. The van der Waals surface area contributed by atoms with Crippen molar-refractivity contribution in [1.29, 1.82) is 0 Å². The fourth-order valence-corrected chi connectivity index (χ4v) is 4.58. The SMILES string of the molecule is CCCCCOc1ccc(Cn2c(C=C(C)C(=O)NS(=O)(=O)C=Cc3ccccc3)cnc2C)c(Cl)c1. The molecule has 196 valence electrons. The summed E-state index contributed by atoms with van der Waals surface area (Å²) in [7, 11) is -3.96. The summed E-state index contributed by atoms with van der Waals surface area (Å²) in [5.41, 5.74) is 2.45. The van der Waals surface area contributed by atoms with Crippen LogP contribution in [0.5, 0.6) is 5.75 Å². The summed E-state index contributed by atoms with van der Waals surface area (Å²) in [6.45, 7) is 6.63. The second-order valence-electron chi connectivity index (χ2n) is 8.64. The molecule has 1 heterocycles. The van der Waals surface area contributed by atoms with E-state index in [2.05, 4.69) is 16.6 Å². The van der Waals surface area contributed by atoms with Crippen LogP contribution in [0.1, 0.15) is 55.8 Å². The molecule has 1 amide bonds. The van der Waals surface area contributed by atoms with Crippen LogP contribution in [0, 0.1) is 6.92 Å². The standard InChI is InChI=1S/C28H32ClN3O4S/c1-4-5-9-15-36-26-13-12-24(27(29)18-26)20-32-22(3)30-19-25(32)17-21(2)28(33)31-37(34,35)16-14-23-10-7-6-8-11-23/h6-8,10-14,16-19H,4-5,9,15,20H2,1-3H3,(H,31,33). The van der Waals surface area contributed by atoms with Gasteiger partial charge in [-0.15, -0.1) is 0 Å². The van der Waals surface area contributed by atoms with Crippen LogP contribution in [-0.4, -0.2) is 30.5 Å². The maximum Gasteiger partial charge on any atom is 0.260 e. The Bertz CT molecular complexity index is 1380. The van der Waals surface area contributed by atoms with Crippen LogP contribution in [0.2, 0.25) is 5.02 Å². The summed E-state index contributed by atoms with van der Waals surface area (Å²) >= 11 is 6.53. The molecule has 9 heteroatoms. The zero-order chi connectivity index (χ0) is 26.8. The molecule has 3 rings (SSSR count). The first-order valence-corrected chi connectivity index (χ1v) is 14.0. The average molecular weight is 542 g/mol. The van der Waals surface area contributed by atoms with Gasteiger partial charge in [-0.2, -0.15) is 0 Å². The van der Waals surface area contributed by atoms with Crippen LogP contribution in [0.25, 0.3) is 12.2 Å². The van der Waals surface area contributed by atoms with Gasteiger partial charge >= 0.3 is 0 Å². The monoisotopic (exact) mass is 541 g/mol. The number of nitrogens with zero attached hydrogens (tertiary/aromatic N) is 2. The number of aromatic nitrogens is 2. The summed E-state index contributed by atoms with van der Waals surface area (Å²) in [6, 6.07) is 14.6. The normalized spacial score (nSPS) is 12.2. The van der Waals surface area contributed by atoms with Crippen LogP contribution >= 0.6 is 11.6 Å². The van der Waals surface area contributed by atoms with Crippen molar-refractivity contribution in [3.05, 3.63) is 93.4 Å². The molecule has 1 aromatic heterocycles. The van der Waals surface area contributed by atoms with E-state index in [0.717, 1.165) is 41.8 Å². The highest BCUT2D eigenvalue weighted by Gasteiger charge is 2.15. The summed E-state index contributed by atoms with van der Waals surface area (Å²) in [6.07, 6.45) is 7.91. The summed E-state index contributed by atoms with van der Waals surface area (Å²) in [5.74, 6) is 0.738. The number of sulfonamides is 1. The van der Waals surface area contributed by atoms with E-state index < -0.39 is 15.9 Å². The van der Waals surface area contributed by atoms with Gasteiger partial charge in [0.25, 0.3) is 15.9 Å². The van der Waals surface area contributed by atoms with E-state index in [1.54, 1.807) is 49.5 Å². The molecule has 0 aliphatic heterocycles. The van der Waals surface area contributed by atoms with Crippen LogP contribution in [0.15, 0.2) is 65.7 Å². The van der Waals surface area contributed by atoms with E-state index in [9.17, 15) is 13.2 Å². The number of amides is 1. The van der Waals surface area contributed by atoms with Gasteiger partial charge in [0.05, 0.1) is 30.5 Å². The van der Waals surface area contributed by atoms with Gasteiger partial charge in [-0.1, -0.05) is 67.8 Å². The van der Waals surface area contributed by atoms with E-state index in [0.29, 0.717) is 29.4 Å². The molecule has 0 atom stereocenters. The Hall–Kier alpha value is -3.36. The maximum atomic E-state index is 12.6. The second kappa shape index (κ2) is 13.3. The highest BCUT2D eigenvalue weighted by Crippen LogP contribution is 2.25. The number of hydrogen-bond acceptors (Lipinski definition) is 5. The molecule has 0 spiro atoms. The van der Waals surface area contributed by atoms with Gasteiger partial charge in [-0.25, -0.2) is 18.1 Å². The van der Waals surface area contributed by atoms with Crippen LogP contribution in [-0.2, 0) is 21.4 Å². The lowest BCUT2D eigenvalue weighted by atomic mass is 10.2. The van der Waals surface area contributed by atoms with Crippen molar-refractivity contribution >= 4 is 39.7 Å². The molecular weight excluding hydrogens is 510 g/mol. The largest absolute Gasteiger partial charge is 0.494 e. The molecule has 0 saturated carbocycles. The number of aryl methyl sites for hydroxylation is 1. The molecule has 2 aromatic carbocycles. The lowest BCUT2D eigenvalue weighted by Crippen LogP contribution is -2.29. The second-order valence-corrected chi connectivity index (χ2v) is 10.6. The summed E-state index contributed by atoms with van der Waals surface area (Å²) in [5, 5.41) is 1.54. The number of ether oxygens (including phenoxy) is 1. The van der Waals surface area contributed by atoms with Gasteiger partial charge in [0.2, 0.25) is 0 Å². The van der Waals surface area contributed by atoms with Crippen LogP contribution in [0.4, 0.5) is 0 Å². The predicted octanol–water partition coefficient (Wildman–Crippen LogP) is 5.98. The van der Waals surface area contributed by atoms with Gasteiger partial charge in [0, 0.05) is 10.6 Å². The average Bonchev–Trinajstić information content (AvgIpc) is 3.21. The number of imidazole rings is 1. The molecule has 0 unspecified atom stereocenters. The third kappa shape index (κ3) is 8.61. The van der Waals surface area contributed by atoms with Crippen molar-refractivity contribution < 1.29 is 17.9 Å². The molecule has 0 radical (unpaired) electrons. The van der Waals surface area contributed by atoms with E-state index in [4.69, 9.17) is 16.3 Å².